The van der Waals surface area contributed by atoms with E-state index in [-0.39, 0.29) is 11.8 Å². The number of rotatable bonds is 3. The first-order valence-corrected chi connectivity index (χ1v) is 7.13. The second-order valence-electron chi connectivity index (χ2n) is 4.65. The molecule has 0 saturated carbocycles. The average molecular weight is 284 g/mol. The van der Waals surface area contributed by atoms with Gasteiger partial charge < -0.3 is 5.11 Å². The molecule has 20 heavy (non-hydrogen) atoms. The lowest BCUT2D eigenvalue weighted by Crippen LogP contribution is -2.02. The van der Waals surface area contributed by atoms with E-state index in [1.807, 2.05) is 42.5 Å². The van der Waals surface area contributed by atoms with Crippen molar-refractivity contribution < 1.29 is 9.90 Å². The number of aliphatic carboxylic acids is 1. The SMILES string of the molecule is O=C(O)CCc1ccc2sc3ccccc3c(=O)c2c1. The fourth-order valence-electron chi connectivity index (χ4n) is 2.26. The van der Waals surface area contributed by atoms with Crippen LogP contribution >= 0.6 is 11.3 Å². The van der Waals surface area contributed by atoms with Gasteiger partial charge in [-0.1, -0.05) is 18.2 Å². The van der Waals surface area contributed by atoms with Crippen molar-refractivity contribution in [3.05, 3.63) is 58.3 Å². The minimum Gasteiger partial charge on any atom is -0.481 e. The smallest absolute Gasteiger partial charge is 0.303 e. The number of carboxylic acids is 1. The van der Waals surface area contributed by atoms with E-state index in [1.165, 1.54) is 0 Å². The lowest BCUT2D eigenvalue weighted by Gasteiger charge is -2.03. The Labute approximate surface area is 119 Å². The quantitative estimate of drug-likeness (QED) is 0.750. The summed E-state index contributed by atoms with van der Waals surface area (Å²) < 4.78 is 1.91. The fourth-order valence-corrected chi connectivity index (χ4v) is 3.31. The molecule has 2 aromatic carbocycles. The summed E-state index contributed by atoms with van der Waals surface area (Å²) in [6.07, 6.45) is 0.527. The molecule has 1 N–H and O–H groups in total. The Morgan fingerprint density at radius 3 is 2.60 bits per heavy atom. The Hall–Kier alpha value is -2.20. The van der Waals surface area contributed by atoms with Gasteiger partial charge in [-0.3, -0.25) is 9.59 Å². The van der Waals surface area contributed by atoms with Crippen molar-refractivity contribution in [1.29, 1.82) is 0 Å². The van der Waals surface area contributed by atoms with Gasteiger partial charge in [-0.15, -0.1) is 11.3 Å². The molecule has 0 aliphatic carbocycles. The van der Waals surface area contributed by atoms with E-state index < -0.39 is 5.97 Å². The van der Waals surface area contributed by atoms with Gasteiger partial charge in [0.2, 0.25) is 0 Å². The van der Waals surface area contributed by atoms with Crippen LogP contribution in [0.3, 0.4) is 0 Å². The monoisotopic (exact) mass is 284 g/mol. The van der Waals surface area contributed by atoms with Crippen molar-refractivity contribution in [2.24, 2.45) is 0 Å². The normalized spacial score (nSPS) is 11.0. The van der Waals surface area contributed by atoms with Crippen LogP contribution in [0, 0.1) is 0 Å². The first-order valence-electron chi connectivity index (χ1n) is 6.31. The summed E-state index contributed by atoms with van der Waals surface area (Å²) in [5.74, 6) is -0.825. The molecular formula is C16H12O3S. The van der Waals surface area contributed by atoms with Crippen LogP contribution in [0.2, 0.25) is 0 Å². The molecule has 0 aliphatic heterocycles. The average Bonchev–Trinajstić information content (AvgIpc) is 2.46. The van der Waals surface area contributed by atoms with Gasteiger partial charge in [0.1, 0.15) is 0 Å². The van der Waals surface area contributed by atoms with Gasteiger partial charge in [0.15, 0.2) is 5.43 Å². The predicted octanol–water partition coefficient (Wildman–Crippen LogP) is 3.43. The number of benzene rings is 2. The van der Waals surface area contributed by atoms with E-state index in [4.69, 9.17) is 5.11 Å². The summed E-state index contributed by atoms with van der Waals surface area (Å²) in [4.78, 5) is 23.1. The molecule has 0 aliphatic rings. The van der Waals surface area contributed by atoms with Crippen molar-refractivity contribution in [1.82, 2.24) is 0 Å². The maximum absolute atomic E-state index is 12.5. The first-order chi connectivity index (χ1) is 9.65. The highest BCUT2D eigenvalue weighted by molar-refractivity contribution is 7.24. The van der Waals surface area contributed by atoms with Crippen molar-refractivity contribution in [2.75, 3.05) is 0 Å². The maximum atomic E-state index is 12.5. The molecule has 4 heteroatoms. The van der Waals surface area contributed by atoms with Gasteiger partial charge in [-0.25, -0.2) is 0 Å². The largest absolute Gasteiger partial charge is 0.481 e. The molecule has 0 bridgehead atoms. The standard InChI is InChI=1S/C16H12O3S/c17-15(18)8-6-10-5-7-14-12(9-10)16(19)11-3-1-2-4-13(11)20-14/h1-5,7,9H,6,8H2,(H,17,18). The molecule has 0 unspecified atom stereocenters. The zero-order valence-electron chi connectivity index (χ0n) is 10.6. The van der Waals surface area contributed by atoms with Crippen LogP contribution in [0.25, 0.3) is 20.2 Å². The lowest BCUT2D eigenvalue weighted by molar-refractivity contribution is -0.136. The van der Waals surface area contributed by atoms with Crippen LogP contribution in [0.5, 0.6) is 0 Å². The van der Waals surface area contributed by atoms with Crippen LogP contribution < -0.4 is 5.43 Å². The zero-order chi connectivity index (χ0) is 14.1. The number of fused-ring (bicyclic) bond motifs is 2. The number of hydrogen-bond donors (Lipinski definition) is 1. The van der Waals surface area contributed by atoms with Crippen LogP contribution in [-0.4, -0.2) is 11.1 Å². The van der Waals surface area contributed by atoms with Gasteiger partial charge in [0, 0.05) is 26.6 Å². The highest BCUT2D eigenvalue weighted by atomic mass is 32.1. The fraction of sp³-hybridized carbons (Fsp3) is 0.125. The molecule has 0 saturated heterocycles. The second-order valence-corrected chi connectivity index (χ2v) is 5.74. The molecule has 3 nitrogen and oxygen atoms in total. The third-order valence-electron chi connectivity index (χ3n) is 3.27. The molecule has 0 amide bonds. The topological polar surface area (TPSA) is 54.4 Å². The van der Waals surface area contributed by atoms with Gasteiger partial charge >= 0.3 is 5.97 Å². The highest BCUT2D eigenvalue weighted by Crippen LogP contribution is 2.25. The summed E-state index contributed by atoms with van der Waals surface area (Å²) in [5.41, 5.74) is 0.908. The van der Waals surface area contributed by atoms with Gasteiger partial charge in [0.05, 0.1) is 0 Å². The Morgan fingerprint density at radius 1 is 1.05 bits per heavy atom. The summed E-state index contributed by atoms with van der Waals surface area (Å²) in [7, 11) is 0. The lowest BCUT2D eigenvalue weighted by atomic mass is 10.1. The summed E-state index contributed by atoms with van der Waals surface area (Å²) >= 11 is 1.58. The predicted molar refractivity (Wildman–Crippen MR) is 81.6 cm³/mol. The van der Waals surface area contributed by atoms with Crippen LogP contribution in [0.1, 0.15) is 12.0 Å². The Kier molecular flexibility index (Phi) is 3.24. The van der Waals surface area contributed by atoms with E-state index in [2.05, 4.69) is 0 Å². The summed E-state index contributed by atoms with van der Waals surface area (Å²) in [6, 6.07) is 13.2. The number of hydrogen-bond acceptors (Lipinski definition) is 3. The van der Waals surface area contributed by atoms with E-state index >= 15 is 0 Å². The van der Waals surface area contributed by atoms with E-state index in [0.717, 1.165) is 20.3 Å². The van der Waals surface area contributed by atoms with Crippen LogP contribution in [0.4, 0.5) is 0 Å². The Bertz CT molecular complexity index is 864. The van der Waals surface area contributed by atoms with E-state index in [1.54, 1.807) is 11.3 Å². The van der Waals surface area contributed by atoms with Crippen LogP contribution in [-0.2, 0) is 11.2 Å². The Morgan fingerprint density at radius 2 is 1.80 bits per heavy atom. The molecule has 0 atom stereocenters. The van der Waals surface area contributed by atoms with Crippen molar-refractivity contribution in [3.8, 4) is 0 Å². The third kappa shape index (κ3) is 2.30. The molecule has 1 heterocycles. The third-order valence-corrected chi connectivity index (χ3v) is 4.42. The molecule has 100 valence electrons. The molecular weight excluding hydrogens is 272 g/mol. The van der Waals surface area contributed by atoms with Gasteiger partial charge in [0.25, 0.3) is 0 Å². The molecule has 0 radical (unpaired) electrons. The molecule has 0 spiro atoms. The van der Waals surface area contributed by atoms with Crippen molar-refractivity contribution >= 4 is 37.5 Å². The first kappa shape index (κ1) is 12.8. The van der Waals surface area contributed by atoms with Gasteiger partial charge in [-0.05, 0) is 36.2 Å². The van der Waals surface area contributed by atoms with Crippen molar-refractivity contribution in [3.63, 3.8) is 0 Å². The number of carbonyl (C=O) groups is 1. The van der Waals surface area contributed by atoms with Crippen LogP contribution in [0.15, 0.2) is 47.3 Å². The van der Waals surface area contributed by atoms with Crippen molar-refractivity contribution in [2.45, 2.75) is 12.8 Å². The second kappa shape index (κ2) is 5.06. The minimum atomic E-state index is -0.825. The molecule has 0 fully saturated rings. The van der Waals surface area contributed by atoms with E-state index in [0.29, 0.717) is 11.8 Å². The highest BCUT2D eigenvalue weighted by Gasteiger charge is 2.07. The molecule has 3 rings (SSSR count). The molecule has 1 aromatic heterocycles. The summed E-state index contributed by atoms with van der Waals surface area (Å²) in [5, 5.41) is 10.1. The maximum Gasteiger partial charge on any atom is 0.303 e. The zero-order valence-corrected chi connectivity index (χ0v) is 11.4. The number of aryl methyl sites for hydroxylation is 1. The molecule has 3 aromatic rings. The summed E-state index contributed by atoms with van der Waals surface area (Å²) in [6.45, 7) is 0. The minimum absolute atomic E-state index is 0.0199. The van der Waals surface area contributed by atoms with Gasteiger partial charge in [-0.2, -0.15) is 0 Å². The van der Waals surface area contributed by atoms with E-state index in [9.17, 15) is 9.59 Å². The Balaban J connectivity index is 2.18. The number of carboxylic acid groups (broad SMARTS) is 1.